The van der Waals surface area contributed by atoms with Crippen molar-refractivity contribution in [3.63, 3.8) is 0 Å². The second-order valence-corrected chi connectivity index (χ2v) is 7.26. The zero-order chi connectivity index (χ0) is 16.6. The van der Waals surface area contributed by atoms with Gasteiger partial charge in [0.05, 0.1) is 5.52 Å². The number of nitrogens with zero attached hydrogens (tertiary/aromatic N) is 2. The standard InChI is InChI=1S/C19H20IN3/c1-11-6-5-7-15(8-11)13(3)21-19-17-10-16(20)9-12(2)18(17)22-14(4)23-19/h5-10,13H,1-4H3,(H,21,22,23)/t13-/m1/s1. The fraction of sp³-hybridized carbons (Fsp3) is 0.263. The summed E-state index contributed by atoms with van der Waals surface area (Å²) in [5.74, 6) is 1.70. The third kappa shape index (κ3) is 3.47. The molecule has 118 valence electrons. The van der Waals surface area contributed by atoms with Gasteiger partial charge in [-0.2, -0.15) is 0 Å². The number of hydrogen-bond donors (Lipinski definition) is 1. The van der Waals surface area contributed by atoms with Crippen molar-refractivity contribution in [2.75, 3.05) is 5.32 Å². The van der Waals surface area contributed by atoms with E-state index >= 15 is 0 Å². The summed E-state index contributed by atoms with van der Waals surface area (Å²) in [6.07, 6.45) is 0. The van der Waals surface area contributed by atoms with E-state index in [1.54, 1.807) is 0 Å². The summed E-state index contributed by atoms with van der Waals surface area (Å²) < 4.78 is 1.20. The number of halogens is 1. The van der Waals surface area contributed by atoms with Crippen LogP contribution in [0.1, 0.15) is 35.5 Å². The highest BCUT2D eigenvalue weighted by molar-refractivity contribution is 14.1. The first kappa shape index (κ1) is 16.2. The Morgan fingerprint density at radius 2 is 1.83 bits per heavy atom. The molecule has 0 unspecified atom stereocenters. The van der Waals surface area contributed by atoms with Crippen LogP contribution in [0.4, 0.5) is 5.82 Å². The molecule has 3 nitrogen and oxygen atoms in total. The lowest BCUT2D eigenvalue weighted by Crippen LogP contribution is -2.10. The first-order valence-electron chi connectivity index (χ1n) is 7.71. The van der Waals surface area contributed by atoms with E-state index in [1.165, 1.54) is 20.3 Å². The molecule has 3 aromatic rings. The molecule has 0 aliphatic heterocycles. The summed E-state index contributed by atoms with van der Waals surface area (Å²) in [4.78, 5) is 9.26. The van der Waals surface area contributed by atoms with Gasteiger partial charge in [0.15, 0.2) is 0 Å². The molecule has 23 heavy (non-hydrogen) atoms. The Balaban J connectivity index is 2.05. The molecule has 0 saturated carbocycles. The van der Waals surface area contributed by atoms with Crippen LogP contribution in [0.25, 0.3) is 10.9 Å². The van der Waals surface area contributed by atoms with Gasteiger partial charge in [0.2, 0.25) is 0 Å². The van der Waals surface area contributed by atoms with Crippen molar-refractivity contribution in [2.45, 2.75) is 33.7 Å². The third-order valence-electron chi connectivity index (χ3n) is 3.96. The van der Waals surface area contributed by atoms with Crippen LogP contribution in [0, 0.1) is 24.3 Å². The van der Waals surface area contributed by atoms with Crippen LogP contribution in [0.15, 0.2) is 36.4 Å². The van der Waals surface area contributed by atoms with Crippen molar-refractivity contribution in [3.05, 3.63) is 62.5 Å². The first-order valence-corrected chi connectivity index (χ1v) is 8.79. The quantitative estimate of drug-likeness (QED) is 0.586. The van der Waals surface area contributed by atoms with Crippen LogP contribution in [0.2, 0.25) is 0 Å². The summed E-state index contributed by atoms with van der Waals surface area (Å²) in [6.45, 7) is 8.33. The fourth-order valence-corrected chi connectivity index (χ4v) is 3.59. The molecule has 0 saturated heterocycles. The lowest BCUT2D eigenvalue weighted by Gasteiger charge is -2.18. The lowest BCUT2D eigenvalue weighted by atomic mass is 10.1. The predicted molar refractivity (Wildman–Crippen MR) is 105 cm³/mol. The number of aryl methyl sites for hydroxylation is 3. The molecule has 1 aromatic heterocycles. The summed E-state index contributed by atoms with van der Waals surface area (Å²) in [5, 5.41) is 4.65. The molecule has 1 heterocycles. The van der Waals surface area contributed by atoms with E-state index in [-0.39, 0.29) is 6.04 Å². The number of nitrogens with one attached hydrogen (secondary N) is 1. The molecule has 0 bridgehead atoms. The van der Waals surface area contributed by atoms with Gasteiger partial charge >= 0.3 is 0 Å². The first-order chi connectivity index (χ1) is 10.9. The third-order valence-corrected chi connectivity index (χ3v) is 4.59. The summed E-state index contributed by atoms with van der Waals surface area (Å²) in [7, 11) is 0. The maximum atomic E-state index is 4.65. The number of anilines is 1. The van der Waals surface area contributed by atoms with Gasteiger partial charge in [0.25, 0.3) is 0 Å². The Labute approximate surface area is 150 Å². The van der Waals surface area contributed by atoms with Gasteiger partial charge in [0.1, 0.15) is 11.6 Å². The van der Waals surface area contributed by atoms with E-state index in [9.17, 15) is 0 Å². The van der Waals surface area contributed by atoms with Gasteiger partial charge in [-0.1, -0.05) is 29.8 Å². The van der Waals surface area contributed by atoms with Gasteiger partial charge < -0.3 is 5.32 Å². The molecule has 4 heteroatoms. The Bertz CT molecular complexity index is 874. The number of fused-ring (bicyclic) bond motifs is 1. The van der Waals surface area contributed by atoms with Gasteiger partial charge in [-0.3, -0.25) is 0 Å². The molecule has 0 aliphatic carbocycles. The largest absolute Gasteiger partial charge is 0.363 e. The van der Waals surface area contributed by atoms with Gasteiger partial charge in [-0.25, -0.2) is 9.97 Å². The zero-order valence-electron chi connectivity index (χ0n) is 13.8. The number of hydrogen-bond acceptors (Lipinski definition) is 3. The second kappa shape index (κ2) is 6.43. The van der Waals surface area contributed by atoms with E-state index in [1.807, 2.05) is 6.92 Å². The highest BCUT2D eigenvalue weighted by Gasteiger charge is 2.12. The minimum atomic E-state index is 0.186. The Kier molecular flexibility index (Phi) is 4.53. The molecule has 3 rings (SSSR count). The molecule has 0 fully saturated rings. The summed E-state index contributed by atoms with van der Waals surface area (Å²) >= 11 is 2.35. The lowest BCUT2D eigenvalue weighted by molar-refractivity contribution is 0.870. The van der Waals surface area contributed by atoms with Crippen LogP contribution >= 0.6 is 22.6 Å². The number of benzene rings is 2. The van der Waals surface area contributed by atoms with Gasteiger partial charge in [0, 0.05) is 15.0 Å². The van der Waals surface area contributed by atoms with Crippen molar-refractivity contribution < 1.29 is 0 Å². The van der Waals surface area contributed by atoms with Crippen molar-refractivity contribution in [2.24, 2.45) is 0 Å². The van der Waals surface area contributed by atoms with Crippen molar-refractivity contribution >= 4 is 39.3 Å². The van der Waals surface area contributed by atoms with Gasteiger partial charge in [-0.05, 0) is 73.5 Å². The second-order valence-electron chi connectivity index (χ2n) is 6.02. The minimum Gasteiger partial charge on any atom is -0.363 e. The smallest absolute Gasteiger partial charge is 0.138 e. The van der Waals surface area contributed by atoms with Crippen LogP contribution < -0.4 is 5.32 Å². The van der Waals surface area contributed by atoms with E-state index in [4.69, 9.17) is 0 Å². The Morgan fingerprint density at radius 3 is 2.57 bits per heavy atom. The van der Waals surface area contributed by atoms with E-state index in [2.05, 4.69) is 95.0 Å². The van der Waals surface area contributed by atoms with Crippen LogP contribution in [0.3, 0.4) is 0 Å². The fourth-order valence-electron chi connectivity index (χ4n) is 2.81. The minimum absolute atomic E-state index is 0.186. The molecule has 1 N–H and O–H groups in total. The molecule has 0 aliphatic rings. The highest BCUT2D eigenvalue weighted by Crippen LogP contribution is 2.28. The normalized spacial score (nSPS) is 12.4. The van der Waals surface area contributed by atoms with Crippen molar-refractivity contribution in [1.82, 2.24) is 9.97 Å². The van der Waals surface area contributed by atoms with Crippen molar-refractivity contribution in [1.29, 1.82) is 0 Å². The highest BCUT2D eigenvalue weighted by atomic mass is 127. The average Bonchev–Trinajstić information content (AvgIpc) is 2.48. The van der Waals surface area contributed by atoms with E-state index < -0.39 is 0 Å². The molecule has 0 spiro atoms. The molecule has 1 atom stereocenters. The topological polar surface area (TPSA) is 37.8 Å². The summed E-state index contributed by atoms with van der Waals surface area (Å²) in [6, 6.07) is 13.1. The van der Waals surface area contributed by atoms with E-state index in [0.29, 0.717) is 0 Å². The SMILES string of the molecule is Cc1cccc([C@@H](C)Nc2nc(C)nc3c(C)cc(I)cc23)c1. The maximum absolute atomic E-state index is 4.65. The van der Waals surface area contributed by atoms with Crippen LogP contribution in [0.5, 0.6) is 0 Å². The number of aromatic nitrogens is 2. The summed E-state index contributed by atoms with van der Waals surface area (Å²) in [5.41, 5.74) is 4.74. The molecular weight excluding hydrogens is 397 g/mol. The average molecular weight is 417 g/mol. The van der Waals surface area contributed by atoms with Crippen molar-refractivity contribution in [3.8, 4) is 0 Å². The number of rotatable bonds is 3. The van der Waals surface area contributed by atoms with Gasteiger partial charge in [-0.15, -0.1) is 0 Å². The molecule has 0 amide bonds. The maximum Gasteiger partial charge on any atom is 0.138 e. The molecule has 0 radical (unpaired) electrons. The molecular formula is C19H20IN3. The Hall–Kier alpha value is -1.69. The van der Waals surface area contributed by atoms with Crippen LogP contribution in [-0.4, -0.2) is 9.97 Å². The van der Waals surface area contributed by atoms with E-state index in [0.717, 1.165) is 22.5 Å². The Morgan fingerprint density at radius 1 is 1.04 bits per heavy atom. The molecule has 2 aromatic carbocycles. The van der Waals surface area contributed by atoms with Crippen LogP contribution in [-0.2, 0) is 0 Å². The zero-order valence-corrected chi connectivity index (χ0v) is 16.0. The monoisotopic (exact) mass is 417 g/mol. The predicted octanol–water partition coefficient (Wildman–Crippen LogP) is 5.33.